The third kappa shape index (κ3) is 2.92. The van der Waals surface area contributed by atoms with Gasteiger partial charge < -0.3 is 5.73 Å². The number of rotatable bonds is 4. The minimum absolute atomic E-state index is 0.663. The van der Waals surface area contributed by atoms with Crippen LogP contribution in [0, 0.1) is 12.8 Å². The molecular formula is C15H21N3. The third-order valence-corrected chi connectivity index (χ3v) is 3.08. The van der Waals surface area contributed by atoms with Gasteiger partial charge in [0.1, 0.15) is 5.82 Å². The largest absolute Gasteiger partial charge is 0.384 e. The van der Waals surface area contributed by atoms with E-state index in [2.05, 4.69) is 50.1 Å². The molecule has 0 radical (unpaired) electrons. The lowest BCUT2D eigenvalue weighted by atomic mass is 10.1. The summed E-state index contributed by atoms with van der Waals surface area (Å²) < 4.78 is 1.90. The smallest absolute Gasteiger partial charge is 0.122 e. The maximum atomic E-state index is 6.00. The molecule has 0 saturated carbocycles. The van der Waals surface area contributed by atoms with Crippen molar-refractivity contribution < 1.29 is 0 Å². The van der Waals surface area contributed by atoms with Gasteiger partial charge in [-0.05, 0) is 19.3 Å². The first-order valence-electron chi connectivity index (χ1n) is 6.46. The molecule has 2 aromatic rings. The number of nitrogens with two attached hydrogens (primary N) is 1. The first-order chi connectivity index (χ1) is 8.56. The highest BCUT2D eigenvalue weighted by molar-refractivity contribution is 5.62. The number of nitrogen functional groups attached to an aromatic ring is 1. The van der Waals surface area contributed by atoms with Crippen LogP contribution in [0.15, 0.2) is 30.3 Å². The van der Waals surface area contributed by atoms with E-state index in [1.165, 1.54) is 5.56 Å². The van der Waals surface area contributed by atoms with Crippen LogP contribution < -0.4 is 5.73 Å². The van der Waals surface area contributed by atoms with Crippen molar-refractivity contribution in [1.29, 1.82) is 0 Å². The fraction of sp³-hybridized carbons (Fsp3) is 0.400. The predicted molar refractivity (Wildman–Crippen MR) is 76.3 cm³/mol. The number of hydrogen-bond donors (Lipinski definition) is 1. The van der Waals surface area contributed by atoms with Gasteiger partial charge in [0.2, 0.25) is 0 Å². The number of aromatic nitrogens is 2. The Morgan fingerprint density at radius 2 is 1.89 bits per heavy atom. The highest BCUT2D eigenvalue weighted by Gasteiger charge is 2.07. The highest BCUT2D eigenvalue weighted by Crippen LogP contribution is 2.21. The Balaban J connectivity index is 2.20. The number of hydrogen-bond acceptors (Lipinski definition) is 2. The van der Waals surface area contributed by atoms with Gasteiger partial charge in [-0.1, -0.05) is 43.7 Å². The average Bonchev–Trinajstić information content (AvgIpc) is 2.69. The molecule has 3 nitrogen and oxygen atoms in total. The zero-order valence-corrected chi connectivity index (χ0v) is 11.4. The van der Waals surface area contributed by atoms with Crippen molar-refractivity contribution in [3.8, 4) is 11.3 Å². The molecule has 96 valence electrons. The van der Waals surface area contributed by atoms with Crippen LogP contribution in [0.1, 0.15) is 25.8 Å². The average molecular weight is 243 g/mol. The monoisotopic (exact) mass is 243 g/mol. The lowest BCUT2D eigenvalue weighted by Crippen LogP contribution is -2.06. The fourth-order valence-corrected chi connectivity index (χ4v) is 1.86. The van der Waals surface area contributed by atoms with Gasteiger partial charge in [-0.2, -0.15) is 5.10 Å². The molecule has 0 atom stereocenters. The van der Waals surface area contributed by atoms with E-state index in [0.717, 1.165) is 30.0 Å². The summed E-state index contributed by atoms with van der Waals surface area (Å²) in [5, 5.41) is 4.57. The summed E-state index contributed by atoms with van der Waals surface area (Å²) >= 11 is 0. The van der Waals surface area contributed by atoms with Gasteiger partial charge in [0, 0.05) is 18.2 Å². The Kier molecular flexibility index (Phi) is 3.70. The Morgan fingerprint density at radius 1 is 1.22 bits per heavy atom. The van der Waals surface area contributed by atoms with Crippen LogP contribution in [0.2, 0.25) is 0 Å². The molecular weight excluding hydrogens is 222 g/mol. The summed E-state index contributed by atoms with van der Waals surface area (Å²) in [7, 11) is 0. The maximum absolute atomic E-state index is 6.00. The van der Waals surface area contributed by atoms with Crippen LogP contribution in [-0.2, 0) is 6.54 Å². The minimum Gasteiger partial charge on any atom is -0.384 e. The SMILES string of the molecule is Cc1ccc(-c2cc(N)n(CCC(C)C)n2)cc1. The van der Waals surface area contributed by atoms with Crippen molar-refractivity contribution >= 4 is 5.82 Å². The quantitative estimate of drug-likeness (QED) is 0.893. The van der Waals surface area contributed by atoms with Crippen LogP contribution in [0.3, 0.4) is 0 Å². The second-order valence-electron chi connectivity index (χ2n) is 5.23. The second kappa shape index (κ2) is 5.25. The van der Waals surface area contributed by atoms with Crippen LogP contribution in [0.25, 0.3) is 11.3 Å². The highest BCUT2D eigenvalue weighted by atomic mass is 15.3. The van der Waals surface area contributed by atoms with Gasteiger partial charge >= 0.3 is 0 Å². The van der Waals surface area contributed by atoms with Crippen LogP contribution in [-0.4, -0.2) is 9.78 Å². The van der Waals surface area contributed by atoms with Crippen molar-refractivity contribution in [2.75, 3.05) is 5.73 Å². The van der Waals surface area contributed by atoms with Gasteiger partial charge in [-0.15, -0.1) is 0 Å². The maximum Gasteiger partial charge on any atom is 0.122 e. The molecule has 0 aliphatic carbocycles. The van der Waals surface area contributed by atoms with E-state index in [-0.39, 0.29) is 0 Å². The first kappa shape index (κ1) is 12.7. The number of anilines is 1. The van der Waals surface area contributed by atoms with Gasteiger partial charge in [0.05, 0.1) is 5.69 Å². The van der Waals surface area contributed by atoms with Crippen LogP contribution >= 0.6 is 0 Å². The lowest BCUT2D eigenvalue weighted by Gasteiger charge is -2.06. The molecule has 18 heavy (non-hydrogen) atoms. The van der Waals surface area contributed by atoms with Gasteiger partial charge in [0.25, 0.3) is 0 Å². The Labute approximate surface area is 109 Å². The van der Waals surface area contributed by atoms with Gasteiger partial charge in [0.15, 0.2) is 0 Å². The molecule has 0 amide bonds. The Morgan fingerprint density at radius 3 is 2.50 bits per heavy atom. The summed E-state index contributed by atoms with van der Waals surface area (Å²) in [6, 6.07) is 10.3. The summed E-state index contributed by atoms with van der Waals surface area (Å²) in [6.45, 7) is 7.38. The molecule has 0 aliphatic heterocycles. The molecule has 3 heteroatoms. The van der Waals surface area contributed by atoms with E-state index in [9.17, 15) is 0 Å². The van der Waals surface area contributed by atoms with Gasteiger partial charge in [-0.3, -0.25) is 0 Å². The number of aryl methyl sites for hydroxylation is 2. The molecule has 0 aliphatic rings. The van der Waals surface area contributed by atoms with E-state index in [1.54, 1.807) is 0 Å². The predicted octanol–water partition coefficient (Wildman–Crippen LogP) is 3.49. The molecule has 0 bridgehead atoms. The van der Waals surface area contributed by atoms with Gasteiger partial charge in [-0.25, -0.2) is 4.68 Å². The molecule has 2 rings (SSSR count). The number of nitrogens with zero attached hydrogens (tertiary/aromatic N) is 2. The van der Waals surface area contributed by atoms with Crippen molar-refractivity contribution in [2.45, 2.75) is 33.7 Å². The third-order valence-electron chi connectivity index (χ3n) is 3.08. The molecule has 2 N–H and O–H groups in total. The van der Waals surface area contributed by atoms with Crippen molar-refractivity contribution in [3.05, 3.63) is 35.9 Å². The van der Waals surface area contributed by atoms with E-state index in [0.29, 0.717) is 5.92 Å². The summed E-state index contributed by atoms with van der Waals surface area (Å²) in [5.41, 5.74) is 9.33. The first-order valence-corrected chi connectivity index (χ1v) is 6.46. The van der Waals surface area contributed by atoms with Crippen molar-refractivity contribution in [3.63, 3.8) is 0 Å². The second-order valence-corrected chi connectivity index (χ2v) is 5.23. The zero-order valence-electron chi connectivity index (χ0n) is 11.4. The van der Waals surface area contributed by atoms with E-state index >= 15 is 0 Å². The molecule has 1 aromatic carbocycles. The number of benzene rings is 1. The topological polar surface area (TPSA) is 43.8 Å². The molecule has 0 unspecified atom stereocenters. The molecule has 1 heterocycles. The van der Waals surface area contributed by atoms with E-state index in [4.69, 9.17) is 5.73 Å². The zero-order chi connectivity index (χ0) is 13.1. The fourth-order valence-electron chi connectivity index (χ4n) is 1.86. The van der Waals surface area contributed by atoms with Crippen LogP contribution in [0.4, 0.5) is 5.82 Å². The molecule has 0 spiro atoms. The Bertz CT molecular complexity index is 509. The molecule has 0 fully saturated rings. The van der Waals surface area contributed by atoms with E-state index in [1.807, 2.05) is 10.7 Å². The summed E-state index contributed by atoms with van der Waals surface area (Å²) in [4.78, 5) is 0. The summed E-state index contributed by atoms with van der Waals surface area (Å²) in [6.07, 6.45) is 1.10. The molecule has 0 saturated heterocycles. The summed E-state index contributed by atoms with van der Waals surface area (Å²) in [5.74, 6) is 1.41. The Hall–Kier alpha value is -1.77. The standard InChI is InChI=1S/C15H21N3/c1-11(2)8-9-18-15(16)10-14(17-18)13-6-4-12(3)5-7-13/h4-7,10-11H,8-9,16H2,1-3H3. The van der Waals surface area contributed by atoms with Crippen molar-refractivity contribution in [2.24, 2.45) is 5.92 Å². The van der Waals surface area contributed by atoms with Crippen LogP contribution in [0.5, 0.6) is 0 Å². The normalized spacial score (nSPS) is 11.1. The van der Waals surface area contributed by atoms with E-state index < -0.39 is 0 Å². The molecule has 1 aromatic heterocycles. The van der Waals surface area contributed by atoms with Crippen molar-refractivity contribution in [1.82, 2.24) is 9.78 Å². The minimum atomic E-state index is 0.663. The lowest BCUT2D eigenvalue weighted by molar-refractivity contribution is 0.492.